The Labute approximate surface area is 118 Å². The van der Waals surface area contributed by atoms with Gasteiger partial charge in [-0.05, 0) is 24.6 Å². The monoisotopic (exact) mass is 261 g/mol. The first-order valence-electron chi connectivity index (χ1n) is 6.69. The van der Waals surface area contributed by atoms with Crippen LogP contribution >= 0.6 is 0 Å². The molecule has 0 radical (unpaired) electrons. The summed E-state index contributed by atoms with van der Waals surface area (Å²) in [7, 11) is 0. The lowest BCUT2D eigenvalue weighted by Crippen LogP contribution is -2.10. The molecular weight excluding hydrogens is 246 g/mol. The Bertz CT molecular complexity index is 766. The second-order valence-electron chi connectivity index (χ2n) is 4.81. The third-order valence-electron chi connectivity index (χ3n) is 3.58. The van der Waals surface area contributed by atoms with Crippen LogP contribution in [0.15, 0.2) is 54.6 Å². The molecule has 0 aliphatic carbocycles. The van der Waals surface area contributed by atoms with E-state index in [0.29, 0.717) is 6.42 Å². The largest absolute Gasteiger partial charge is 0.320 e. The molecule has 2 aromatic carbocycles. The van der Waals surface area contributed by atoms with E-state index in [4.69, 9.17) is 5.26 Å². The summed E-state index contributed by atoms with van der Waals surface area (Å²) in [6, 6.07) is 20.7. The molecule has 1 unspecified atom stereocenters. The number of hydrogen-bond donors (Lipinski definition) is 0. The van der Waals surface area contributed by atoms with Crippen molar-refractivity contribution in [2.45, 2.75) is 19.4 Å². The van der Waals surface area contributed by atoms with Crippen LogP contribution in [0.5, 0.6) is 0 Å². The molecule has 3 nitrogen and oxygen atoms in total. The van der Waals surface area contributed by atoms with E-state index in [2.05, 4.69) is 40.7 Å². The van der Waals surface area contributed by atoms with Gasteiger partial charge in [-0.3, -0.25) is 0 Å². The first-order chi connectivity index (χ1) is 9.81. The Morgan fingerprint density at radius 3 is 2.55 bits per heavy atom. The van der Waals surface area contributed by atoms with E-state index in [0.717, 1.165) is 16.9 Å². The zero-order valence-corrected chi connectivity index (χ0v) is 11.3. The van der Waals surface area contributed by atoms with Crippen LogP contribution in [0.3, 0.4) is 0 Å². The molecule has 20 heavy (non-hydrogen) atoms. The molecule has 1 aromatic heterocycles. The molecule has 3 heteroatoms. The second-order valence-corrected chi connectivity index (χ2v) is 4.81. The lowest BCUT2D eigenvalue weighted by Gasteiger charge is -2.17. The summed E-state index contributed by atoms with van der Waals surface area (Å²) in [5.41, 5.74) is 3.24. The van der Waals surface area contributed by atoms with Gasteiger partial charge in [0, 0.05) is 0 Å². The molecule has 0 bridgehead atoms. The molecule has 0 saturated heterocycles. The van der Waals surface area contributed by atoms with Crippen molar-refractivity contribution in [3.05, 3.63) is 66.0 Å². The third-order valence-corrected chi connectivity index (χ3v) is 3.58. The number of hydrogen-bond acceptors (Lipinski definition) is 2. The zero-order valence-electron chi connectivity index (χ0n) is 11.3. The van der Waals surface area contributed by atoms with Crippen molar-refractivity contribution in [2.75, 3.05) is 0 Å². The van der Waals surface area contributed by atoms with Gasteiger partial charge in [0.05, 0.1) is 29.6 Å². The Morgan fingerprint density at radius 1 is 1.10 bits per heavy atom. The van der Waals surface area contributed by atoms with Crippen LogP contribution in [-0.4, -0.2) is 9.55 Å². The van der Waals surface area contributed by atoms with Gasteiger partial charge in [-0.25, -0.2) is 4.98 Å². The zero-order chi connectivity index (χ0) is 13.9. The molecule has 1 heterocycles. The molecule has 0 saturated carbocycles. The third kappa shape index (κ3) is 2.06. The molecule has 0 aliphatic rings. The van der Waals surface area contributed by atoms with Crippen LogP contribution in [-0.2, 0) is 6.42 Å². The number of aromatic nitrogens is 2. The fraction of sp³-hybridized carbons (Fsp3) is 0.176. The van der Waals surface area contributed by atoms with E-state index in [-0.39, 0.29) is 6.04 Å². The molecule has 3 rings (SSSR count). The first kappa shape index (κ1) is 12.4. The van der Waals surface area contributed by atoms with E-state index >= 15 is 0 Å². The Morgan fingerprint density at radius 2 is 1.80 bits per heavy atom. The topological polar surface area (TPSA) is 41.6 Å². The Balaban J connectivity index is 2.19. The van der Waals surface area contributed by atoms with Crippen molar-refractivity contribution in [3.8, 4) is 6.07 Å². The molecule has 0 amide bonds. The highest BCUT2D eigenvalue weighted by molar-refractivity contribution is 5.76. The Kier molecular flexibility index (Phi) is 3.22. The summed E-state index contributed by atoms with van der Waals surface area (Å²) in [6.45, 7) is 2.14. The van der Waals surface area contributed by atoms with Crippen molar-refractivity contribution < 1.29 is 0 Å². The second kappa shape index (κ2) is 5.18. The van der Waals surface area contributed by atoms with E-state index in [1.807, 2.05) is 36.4 Å². The highest BCUT2D eigenvalue weighted by Gasteiger charge is 2.16. The van der Waals surface area contributed by atoms with E-state index in [1.54, 1.807) is 0 Å². The number of nitriles is 1. The lowest BCUT2D eigenvalue weighted by atomic mass is 10.1. The van der Waals surface area contributed by atoms with Gasteiger partial charge in [0.25, 0.3) is 0 Å². The summed E-state index contributed by atoms with van der Waals surface area (Å²) in [6.07, 6.45) is 0.325. The maximum Gasteiger partial charge on any atom is 0.124 e. The van der Waals surface area contributed by atoms with Crippen molar-refractivity contribution in [1.29, 1.82) is 5.26 Å². The molecule has 0 N–H and O–H groups in total. The lowest BCUT2D eigenvalue weighted by molar-refractivity contribution is 0.630. The van der Waals surface area contributed by atoms with Crippen LogP contribution in [0.4, 0.5) is 0 Å². The quantitative estimate of drug-likeness (QED) is 0.721. The fourth-order valence-electron chi connectivity index (χ4n) is 2.60. The van der Waals surface area contributed by atoms with Gasteiger partial charge < -0.3 is 4.57 Å². The van der Waals surface area contributed by atoms with Crippen LogP contribution in [0, 0.1) is 11.3 Å². The average Bonchev–Trinajstić information content (AvgIpc) is 2.86. The van der Waals surface area contributed by atoms with Crippen LogP contribution in [0.25, 0.3) is 11.0 Å². The van der Waals surface area contributed by atoms with E-state index in [9.17, 15) is 0 Å². The number of nitrogens with zero attached hydrogens (tertiary/aromatic N) is 3. The molecule has 3 aromatic rings. The van der Waals surface area contributed by atoms with Crippen molar-refractivity contribution in [1.82, 2.24) is 9.55 Å². The standard InChI is InChI=1S/C17H15N3/c1-13(14-7-3-2-4-8-14)20-16-10-6-5-9-15(16)19-17(20)11-12-18/h2-10,13H,11H2,1H3. The number of imidazole rings is 1. The first-order valence-corrected chi connectivity index (χ1v) is 6.69. The highest BCUT2D eigenvalue weighted by Crippen LogP contribution is 2.26. The summed E-state index contributed by atoms with van der Waals surface area (Å²) in [5.74, 6) is 0.824. The average molecular weight is 261 g/mol. The molecule has 0 fully saturated rings. The summed E-state index contributed by atoms with van der Waals surface area (Å²) >= 11 is 0. The van der Waals surface area contributed by atoms with Crippen molar-refractivity contribution >= 4 is 11.0 Å². The van der Waals surface area contributed by atoms with Crippen molar-refractivity contribution in [2.24, 2.45) is 0 Å². The number of rotatable bonds is 3. The number of para-hydroxylation sites is 2. The summed E-state index contributed by atoms with van der Waals surface area (Å²) in [5, 5.41) is 9.02. The minimum Gasteiger partial charge on any atom is -0.320 e. The maximum absolute atomic E-state index is 9.02. The van der Waals surface area contributed by atoms with Gasteiger partial charge >= 0.3 is 0 Å². The summed E-state index contributed by atoms with van der Waals surface area (Å²) < 4.78 is 2.16. The van der Waals surface area contributed by atoms with Crippen LogP contribution in [0.2, 0.25) is 0 Å². The maximum atomic E-state index is 9.02. The predicted molar refractivity (Wildman–Crippen MR) is 79.3 cm³/mol. The summed E-state index contributed by atoms with van der Waals surface area (Å²) in [4.78, 5) is 4.59. The van der Waals surface area contributed by atoms with E-state index < -0.39 is 0 Å². The molecule has 1 atom stereocenters. The van der Waals surface area contributed by atoms with Gasteiger partial charge in [-0.1, -0.05) is 42.5 Å². The minimum atomic E-state index is 0.159. The molecular formula is C17H15N3. The van der Waals surface area contributed by atoms with Gasteiger partial charge in [0.1, 0.15) is 5.82 Å². The SMILES string of the molecule is CC(c1ccccc1)n1c(CC#N)nc2ccccc21. The van der Waals surface area contributed by atoms with Crippen LogP contribution < -0.4 is 0 Å². The number of fused-ring (bicyclic) bond motifs is 1. The fourth-order valence-corrected chi connectivity index (χ4v) is 2.60. The minimum absolute atomic E-state index is 0.159. The normalized spacial score (nSPS) is 12.2. The predicted octanol–water partition coefficient (Wildman–Crippen LogP) is 3.71. The Hall–Kier alpha value is -2.60. The van der Waals surface area contributed by atoms with Gasteiger partial charge in [-0.2, -0.15) is 5.26 Å². The van der Waals surface area contributed by atoms with Gasteiger partial charge in [0.15, 0.2) is 0 Å². The van der Waals surface area contributed by atoms with Gasteiger partial charge in [0.2, 0.25) is 0 Å². The molecule has 0 aliphatic heterocycles. The van der Waals surface area contributed by atoms with Crippen LogP contribution in [0.1, 0.15) is 24.4 Å². The number of benzene rings is 2. The van der Waals surface area contributed by atoms with Crippen molar-refractivity contribution in [3.63, 3.8) is 0 Å². The van der Waals surface area contributed by atoms with Gasteiger partial charge in [-0.15, -0.1) is 0 Å². The smallest absolute Gasteiger partial charge is 0.124 e. The van der Waals surface area contributed by atoms with E-state index in [1.165, 1.54) is 5.56 Å². The molecule has 98 valence electrons. The molecule has 0 spiro atoms. The highest BCUT2D eigenvalue weighted by atomic mass is 15.1.